The fourth-order valence-corrected chi connectivity index (χ4v) is 4.98. The van der Waals surface area contributed by atoms with Gasteiger partial charge in [0.25, 0.3) is 0 Å². The van der Waals surface area contributed by atoms with Crippen molar-refractivity contribution in [1.82, 2.24) is 4.57 Å². The number of benzene rings is 2. The number of amides is 1. The molecule has 0 N–H and O–H groups in total. The van der Waals surface area contributed by atoms with Gasteiger partial charge in [0.05, 0.1) is 17.7 Å². The Morgan fingerprint density at radius 1 is 1.14 bits per heavy atom. The molecule has 1 atom stereocenters. The van der Waals surface area contributed by atoms with E-state index in [4.69, 9.17) is 14.2 Å². The van der Waals surface area contributed by atoms with Crippen molar-refractivity contribution in [2.45, 2.75) is 12.3 Å². The van der Waals surface area contributed by atoms with Gasteiger partial charge in [-0.15, -0.1) is 0 Å². The van der Waals surface area contributed by atoms with Gasteiger partial charge in [0, 0.05) is 19.4 Å². The number of hydrogen-bond donors (Lipinski definition) is 0. The monoisotopic (exact) mass is 410 g/mol. The zero-order chi connectivity index (χ0) is 20.1. The van der Waals surface area contributed by atoms with Gasteiger partial charge in [-0.2, -0.15) is 0 Å². The SMILES string of the molecule is COc1cc(C2CC(=O)N(c3ccccc3)c3c2sc(=O)n3C)cc2c1OCO2. The summed E-state index contributed by atoms with van der Waals surface area (Å²) in [5, 5.41) is 0. The number of hydrogen-bond acceptors (Lipinski definition) is 6. The largest absolute Gasteiger partial charge is 0.493 e. The molecule has 3 aromatic rings. The van der Waals surface area contributed by atoms with Crippen molar-refractivity contribution in [3.63, 3.8) is 0 Å². The van der Waals surface area contributed by atoms with Gasteiger partial charge in [0.2, 0.25) is 18.4 Å². The van der Waals surface area contributed by atoms with Crippen molar-refractivity contribution in [3.05, 3.63) is 62.6 Å². The van der Waals surface area contributed by atoms with E-state index in [1.165, 1.54) is 11.3 Å². The predicted octanol–water partition coefficient (Wildman–Crippen LogP) is 3.38. The van der Waals surface area contributed by atoms with Crippen LogP contribution in [0.1, 0.15) is 22.8 Å². The molecule has 1 amide bonds. The van der Waals surface area contributed by atoms with Crippen LogP contribution in [0.2, 0.25) is 0 Å². The van der Waals surface area contributed by atoms with Gasteiger partial charge >= 0.3 is 4.87 Å². The zero-order valence-corrected chi connectivity index (χ0v) is 16.7. The minimum absolute atomic E-state index is 0.0706. The summed E-state index contributed by atoms with van der Waals surface area (Å²) in [5.41, 5.74) is 1.60. The summed E-state index contributed by atoms with van der Waals surface area (Å²) in [6.07, 6.45) is 0.241. The third-order valence-electron chi connectivity index (χ3n) is 5.26. The smallest absolute Gasteiger partial charge is 0.308 e. The number of para-hydroxylation sites is 1. The molecule has 148 valence electrons. The molecule has 0 saturated carbocycles. The van der Waals surface area contributed by atoms with Crippen molar-refractivity contribution < 1.29 is 19.0 Å². The standard InChI is InChI=1S/C21H18N2O5S/c1-22-20-19(29-21(22)25)14(10-17(24)23(20)13-6-4-3-5-7-13)12-8-15(26-2)18-16(9-12)27-11-28-18/h3-9,14H,10-11H2,1-2H3. The summed E-state index contributed by atoms with van der Waals surface area (Å²) in [4.78, 5) is 28.1. The Morgan fingerprint density at radius 3 is 2.69 bits per heavy atom. The Labute approximate surface area is 170 Å². The molecule has 0 aliphatic carbocycles. The molecule has 2 aromatic carbocycles. The van der Waals surface area contributed by atoms with Gasteiger partial charge in [-0.25, -0.2) is 0 Å². The molecule has 1 unspecified atom stereocenters. The maximum absolute atomic E-state index is 13.2. The first-order valence-corrected chi connectivity index (χ1v) is 9.95. The van der Waals surface area contributed by atoms with E-state index in [2.05, 4.69) is 0 Å². The number of carbonyl (C=O) groups is 1. The molecule has 0 spiro atoms. The molecule has 8 heteroatoms. The van der Waals surface area contributed by atoms with Crippen molar-refractivity contribution in [2.24, 2.45) is 7.05 Å². The van der Waals surface area contributed by atoms with E-state index >= 15 is 0 Å². The predicted molar refractivity (Wildman–Crippen MR) is 109 cm³/mol. The third kappa shape index (κ3) is 2.71. The summed E-state index contributed by atoms with van der Waals surface area (Å²) < 4.78 is 18.0. The van der Waals surface area contributed by atoms with Crippen LogP contribution < -0.4 is 24.0 Å². The first-order chi connectivity index (χ1) is 14.1. The lowest BCUT2D eigenvalue weighted by atomic mass is 9.90. The summed E-state index contributed by atoms with van der Waals surface area (Å²) in [7, 11) is 3.26. The lowest BCUT2D eigenvalue weighted by Gasteiger charge is -2.32. The van der Waals surface area contributed by atoms with Gasteiger partial charge in [-0.3, -0.25) is 19.1 Å². The van der Waals surface area contributed by atoms with E-state index in [-0.39, 0.29) is 29.9 Å². The van der Waals surface area contributed by atoms with Crippen LogP contribution in [0.3, 0.4) is 0 Å². The normalized spacial score (nSPS) is 17.4. The highest BCUT2D eigenvalue weighted by molar-refractivity contribution is 7.10. The number of carbonyl (C=O) groups excluding carboxylic acids is 1. The number of aromatic nitrogens is 1. The van der Waals surface area contributed by atoms with Crippen molar-refractivity contribution >= 4 is 28.7 Å². The van der Waals surface area contributed by atoms with Crippen LogP contribution in [-0.4, -0.2) is 24.4 Å². The molecule has 0 fully saturated rings. The van der Waals surface area contributed by atoms with Gasteiger partial charge in [-0.05, 0) is 29.8 Å². The minimum atomic E-state index is -0.264. The van der Waals surface area contributed by atoms with Crippen LogP contribution in [0.15, 0.2) is 47.3 Å². The summed E-state index contributed by atoms with van der Waals surface area (Å²) in [6, 6.07) is 13.1. The second-order valence-corrected chi connectivity index (χ2v) is 7.89. The fourth-order valence-electron chi connectivity index (χ4n) is 3.89. The highest BCUT2D eigenvalue weighted by Gasteiger charge is 2.38. The summed E-state index contributed by atoms with van der Waals surface area (Å²) in [6.45, 7) is 0.129. The molecule has 0 bridgehead atoms. The maximum Gasteiger partial charge on any atom is 0.308 e. The zero-order valence-electron chi connectivity index (χ0n) is 15.9. The van der Waals surface area contributed by atoms with Gasteiger partial charge < -0.3 is 14.2 Å². The highest BCUT2D eigenvalue weighted by Crippen LogP contribution is 2.49. The molecule has 1 aromatic heterocycles. The quantitative estimate of drug-likeness (QED) is 0.662. The van der Waals surface area contributed by atoms with Gasteiger partial charge in [0.1, 0.15) is 5.82 Å². The number of nitrogens with zero attached hydrogens (tertiary/aromatic N) is 2. The molecular weight excluding hydrogens is 392 g/mol. The second kappa shape index (κ2) is 6.66. The van der Waals surface area contributed by atoms with Crippen molar-refractivity contribution in [3.8, 4) is 17.2 Å². The molecule has 0 saturated heterocycles. The molecule has 2 aliphatic rings. The second-order valence-electron chi connectivity index (χ2n) is 6.89. The number of methoxy groups -OCH3 is 1. The van der Waals surface area contributed by atoms with E-state index in [1.54, 1.807) is 23.6 Å². The Hall–Kier alpha value is -3.26. The lowest BCUT2D eigenvalue weighted by Crippen LogP contribution is -2.34. The van der Waals surface area contributed by atoms with Crippen LogP contribution in [0.4, 0.5) is 11.5 Å². The Kier molecular flexibility index (Phi) is 4.09. The highest BCUT2D eigenvalue weighted by atomic mass is 32.1. The molecular formula is C21H18N2O5S. The summed E-state index contributed by atoms with van der Waals surface area (Å²) in [5.74, 6) is 1.98. The average molecular weight is 410 g/mol. The van der Waals surface area contributed by atoms with Gasteiger partial charge in [-0.1, -0.05) is 29.5 Å². The number of fused-ring (bicyclic) bond motifs is 2. The van der Waals surface area contributed by atoms with E-state index in [0.717, 1.165) is 16.1 Å². The average Bonchev–Trinajstić information content (AvgIpc) is 3.32. The fraction of sp³-hybridized carbons (Fsp3) is 0.238. The minimum Gasteiger partial charge on any atom is -0.493 e. The molecule has 2 aliphatic heterocycles. The van der Waals surface area contributed by atoms with Crippen LogP contribution in [0.25, 0.3) is 0 Å². The molecule has 5 rings (SSSR count). The topological polar surface area (TPSA) is 70.0 Å². The van der Waals surface area contributed by atoms with E-state index in [9.17, 15) is 9.59 Å². The Balaban J connectivity index is 1.68. The number of ether oxygens (including phenoxy) is 3. The first kappa shape index (κ1) is 17.8. The van der Waals surface area contributed by atoms with Crippen LogP contribution >= 0.6 is 11.3 Å². The molecule has 3 heterocycles. The number of rotatable bonds is 3. The molecule has 29 heavy (non-hydrogen) atoms. The van der Waals surface area contributed by atoms with E-state index in [0.29, 0.717) is 23.1 Å². The van der Waals surface area contributed by atoms with Crippen LogP contribution in [0.5, 0.6) is 17.2 Å². The van der Waals surface area contributed by atoms with E-state index in [1.807, 2.05) is 42.5 Å². The number of anilines is 2. The van der Waals surface area contributed by atoms with Crippen LogP contribution in [-0.2, 0) is 11.8 Å². The molecule has 7 nitrogen and oxygen atoms in total. The maximum atomic E-state index is 13.2. The Bertz CT molecular complexity index is 1170. The first-order valence-electron chi connectivity index (χ1n) is 9.13. The third-order valence-corrected chi connectivity index (χ3v) is 6.40. The Morgan fingerprint density at radius 2 is 1.93 bits per heavy atom. The van der Waals surface area contributed by atoms with E-state index < -0.39 is 0 Å². The number of thiazole rings is 1. The van der Waals surface area contributed by atoms with Gasteiger partial charge in [0.15, 0.2) is 11.5 Å². The van der Waals surface area contributed by atoms with Crippen molar-refractivity contribution in [1.29, 1.82) is 0 Å². The molecule has 0 radical (unpaired) electrons. The van der Waals surface area contributed by atoms with Crippen molar-refractivity contribution in [2.75, 3.05) is 18.8 Å². The van der Waals surface area contributed by atoms with Crippen LogP contribution in [0, 0.1) is 0 Å². The summed E-state index contributed by atoms with van der Waals surface area (Å²) >= 11 is 1.17. The lowest BCUT2D eigenvalue weighted by molar-refractivity contribution is -0.118.